The molecular formula is C18H34O5. The Morgan fingerprint density at radius 1 is 0.739 bits per heavy atom. The predicted molar refractivity (Wildman–Crippen MR) is 90.2 cm³/mol. The Bertz CT molecular complexity index is 276. The number of ether oxygens (including phenoxy) is 3. The molecule has 23 heavy (non-hydrogen) atoms. The summed E-state index contributed by atoms with van der Waals surface area (Å²) in [5, 5.41) is 0. The van der Waals surface area contributed by atoms with E-state index in [1.54, 1.807) is 0 Å². The van der Waals surface area contributed by atoms with Crippen LogP contribution in [0, 0.1) is 0 Å². The van der Waals surface area contributed by atoms with Crippen LogP contribution in [0.4, 0.5) is 0 Å². The summed E-state index contributed by atoms with van der Waals surface area (Å²) < 4.78 is 15.5. The van der Waals surface area contributed by atoms with Crippen LogP contribution in [0.1, 0.15) is 78.1 Å². The lowest BCUT2D eigenvalue weighted by atomic mass is 10.1. The number of hydrogen-bond acceptors (Lipinski definition) is 5. The summed E-state index contributed by atoms with van der Waals surface area (Å²) in [6.07, 6.45) is 8.87. The summed E-state index contributed by atoms with van der Waals surface area (Å²) in [5.74, 6) is -0.428. The van der Waals surface area contributed by atoms with Crippen molar-refractivity contribution < 1.29 is 23.8 Å². The van der Waals surface area contributed by atoms with Crippen molar-refractivity contribution in [3.05, 3.63) is 0 Å². The van der Waals surface area contributed by atoms with Gasteiger partial charge in [-0.2, -0.15) is 0 Å². The quantitative estimate of drug-likeness (QED) is 0.335. The van der Waals surface area contributed by atoms with Crippen LogP contribution in [0.25, 0.3) is 0 Å². The first-order valence-electron chi connectivity index (χ1n) is 8.98. The monoisotopic (exact) mass is 330 g/mol. The number of hydrogen-bond donors (Lipinski definition) is 0. The van der Waals surface area contributed by atoms with Crippen LogP contribution >= 0.6 is 0 Å². The van der Waals surface area contributed by atoms with Crippen molar-refractivity contribution in [3.63, 3.8) is 0 Å². The van der Waals surface area contributed by atoms with Gasteiger partial charge in [0, 0.05) is 20.0 Å². The summed E-state index contributed by atoms with van der Waals surface area (Å²) in [4.78, 5) is 23.2. The number of unbranched alkanes of at least 4 members (excludes halogenated alkanes) is 6. The molecule has 0 fully saturated rings. The lowest BCUT2D eigenvalue weighted by Crippen LogP contribution is -2.27. The zero-order chi connectivity index (χ0) is 17.3. The molecule has 0 atom stereocenters. The van der Waals surface area contributed by atoms with Crippen molar-refractivity contribution in [3.8, 4) is 0 Å². The van der Waals surface area contributed by atoms with Gasteiger partial charge in [0.1, 0.15) is 19.3 Å². The maximum atomic E-state index is 11.6. The smallest absolute Gasteiger partial charge is 0.305 e. The molecule has 0 saturated carbocycles. The predicted octanol–water partition coefficient (Wildman–Crippen LogP) is 4.03. The van der Waals surface area contributed by atoms with Gasteiger partial charge in [0.05, 0.1) is 0 Å². The number of carbonyl (C=O) groups is 2. The van der Waals surface area contributed by atoms with E-state index < -0.39 is 6.10 Å². The molecule has 0 aromatic heterocycles. The SMILES string of the molecule is CCCCCCC(=O)OCC(COC(=O)CCCCCC)OC. The lowest BCUT2D eigenvalue weighted by molar-refractivity contribution is -0.153. The first kappa shape index (κ1) is 21.9. The van der Waals surface area contributed by atoms with Crippen molar-refractivity contribution >= 4 is 11.9 Å². The minimum atomic E-state index is -0.394. The molecule has 5 heteroatoms. The third kappa shape index (κ3) is 14.2. The van der Waals surface area contributed by atoms with Gasteiger partial charge in [-0.3, -0.25) is 9.59 Å². The summed E-state index contributed by atoms with van der Waals surface area (Å²) >= 11 is 0. The zero-order valence-electron chi connectivity index (χ0n) is 15.1. The molecule has 0 aromatic rings. The molecule has 0 aliphatic heterocycles. The van der Waals surface area contributed by atoms with Gasteiger partial charge in [0.15, 0.2) is 0 Å². The highest BCUT2D eigenvalue weighted by molar-refractivity contribution is 5.69. The topological polar surface area (TPSA) is 61.8 Å². The van der Waals surface area contributed by atoms with Crippen molar-refractivity contribution in [2.24, 2.45) is 0 Å². The molecule has 0 N–H and O–H groups in total. The van der Waals surface area contributed by atoms with E-state index in [1.807, 2.05) is 0 Å². The van der Waals surface area contributed by atoms with Gasteiger partial charge >= 0.3 is 11.9 Å². The summed E-state index contributed by atoms with van der Waals surface area (Å²) in [5.41, 5.74) is 0. The molecule has 136 valence electrons. The van der Waals surface area contributed by atoms with Gasteiger partial charge in [0.2, 0.25) is 0 Å². The van der Waals surface area contributed by atoms with Crippen LogP contribution in [-0.4, -0.2) is 38.4 Å². The zero-order valence-corrected chi connectivity index (χ0v) is 15.1. The molecule has 5 nitrogen and oxygen atoms in total. The number of rotatable bonds is 15. The van der Waals surface area contributed by atoms with E-state index in [2.05, 4.69) is 13.8 Å². The van der Waals surface area contributed by atoms with E-state index in [9.17, 15) is 9.59 Å². The average molecular weight is 330 g/mol. The molecule has 0 unspecified atom stereocenters. The van der Waals surface area contributed by atoms with Crippen molar-refractivity contribution in [1.29, 1.82) is 0 Å². The Morgan fingerprint density at radius 3 is 1.52 bits per heavy atom. The number of methoxy groups -OCH3 is 1. The first-order chi connectivity index (χ1) is 11.1. The third-order valence-corrected chi connectivity index (χ3v) is 3.66. The summed E-state index contributed by atoms with van der Waals surface area (Å²) in [6.45, 7) is 4.53. The second-order valence-electron chi connectivity index (χ2n) is 5.85. The number of esters is 2. The van der Waals surface area contributed by atoms with Gasteiger partial charge in [-0.25, -0.2) is 0 Å². The highest BCUT2D eigenvalue weighted by Gasteiger charge is 2.14. The van der Waals surface area contributed by atoms with Crippen molar-refractivity contribution in [1.82, 2.24) is 0 Å². The van der Waals surface area contributed by atoms with Crippen LogP contribution in [0.2, 0.25) is 0 Å². The Morgan fingerprint density at radius 2 is 1.17 bits per heavy atom. The highest BCUT2D eigenvalue weighted by atomic mass is 16.6. The Labute approximate surface area is 141 Å². The second-order valence-corrected chi connectivity index (χ2v) is 5.85. The molecule has 0 bridgehead atoms. The molecule has 0 rings (SSSR count). The second kappa shape index (κ2) is 15.8. The van der Waals surface area contributed by atoms with Gasteiger partial charge in [0.25, 0.3) is 0 Å². The standard InChI is InChI=1S/C18H34O5/c1-4-6-8-10-12-17(19)22-14-16(21-3)15-23-18(20)13-11-9-7-5-2/h16H,4-15H2,1-3H3. The van der Waals surface area contributed by atoms with E-state index in [0.717, 1.165) is 51.4 Å². The largest absolute Gasteiger partial charge is 0.463 e. The molecule has 0 aromatic carbocycles. The van der Waals surface area contributed by atoms with Gasteiger partial charge in [-0.1, -0.05) is 52.4 Å². The van der Waals surface area contributed by atoms with Crippen molar-refractivity contribution in [2.75, 3.05) is 20.3 Å². The third-order valence-electron chi connectivity index (χ3n) is 3.66. The van der Waals surface area contributed by atoms with E-state index >= 15 is 0 Å². The fourth-order valence-electron chi connectivity index (χ4n) is 2.09. The lowest BCUT2D eigenvalue weighted by Gasteiger charge is -2.15. The maximum Gasteiger partial charge on any atom is 0.305 e. The normalized spacial score (nSPS) is 10.8. The highest BCUT2D eigenvalue weighted by Crippen LogP contribution is 2.06. The van der Waals surface area contributed by atoms with Crippen molar-refractivity contribution in [2.45, 2.75) is 84.2 Å². The van der Waals surface area contributed by atoms with E-state index in [4.69, 9.17) is 14.2 Å². The fourth-order valence-corrected chi connectivity index (χ4v) is 2.09. The van der Waals surface area contributed by atoms with Crippen LogP contribution < -0.4 is 0 Å². The van der Waals surface area contributed by atoms with Gasteiger partial charge in [-0.05, 0) is 12.8 Å². The van der Waals surface area contributed by atoms with E-state index in [0.29, 0.717) is 12.8 Å². The first-order valence-corrected chi connectivity index (χ1v) is 8.98. The fraction of sp³-hybridized carbons (Fsp3) is 0.889. The van der Waals surface area contributed by atoms with Gasteiger partial charge < -0.3 is 14.2 Å². The van der Waals surface area contributed by atoms with Crippen LogP contribution in [0.5, 0.6) is 0 Å². The van der Waals surface area contributed by atoms with E-state index in [-0.39, 0.29) is 25.2 Å². The molecular weight excluding hydrogens is 296 g/mol. The Kier molecular flexibility index (Phi) is 15.0. The summed E-state index contributed by atoms with van der Waals surface area (Å²) in [6, 6.07) is 0. The molecule has 0 radical (unpaired) electrons. The molecule has 0 amide bonds. The Hall–Kier alpha value is -1.10. The van der Waals surface area contributed by atoms with Crippen LogP contribution in [0.15, 0.2) is 0 Å². The van der Waals surface area contributed by atoms with E-state index in [1.165, 1.54) is 7.11 Å². The average Bonchev–Trinajstić information content (AvgIpc) is 2.55. The number of carbonyl (C=O) groups excluding carboxylic acids is 2. The molecule has 0 saturated heterocycles. The summed E-state index contributed by atoms with van der Waals surface area (Å²) in [7, 11) is 1.52. The van der Waals surface area contributed by atoms with Crippen LogP contribution in [0.3, 0.4) is 0 Å². The molecule has 0 spiro atoms. The minimum Gasteiger partial charge on any atom is -0.463 e. The molecule has 0 aliphatic carbocycles. The maximum absolute atomic E-state index is 11.6. The Balaban J connectivity index is 3.72. The minimum absolute atomic E-state index is 0.131. The molecule has 0 aliphatic rings. The molecule has 0 heterocycles. The van der Waals surface area contributed by atoms with Crippen LogP contribution in [-0.2, 0) is 23.8 Å². The van der Waals surface area contributed by atoms with Gasteiger partial charge in [-0.15, -0.1) is 0 Å².